The van der Waals surface area contributed by atoms with Crippen LogP contribution in [0.3, 0.4) is 0 Å². The molecule has 2 aliphatic rings. The summed E-state index contributed by atoms with van der Waals surface area (Å²) in [6.07, 6.45) is 0.0893. The van der Waals surface area contributed by atoms with Gasteiger partial charge in [-0.05, 0) is 18.2 Å². The summed E-state index contributed by atoms with van der Waals surface area (Å²) >= 11 is 0. The average molecular weight is 406 g/mol. The lowest BCUT2D eigenvalue weighted by atomic mass is 10.1. The van der Waals surface area contributed by atoms with Crippen LogP contribution in [0.5, 0.6) is 0 Å². The largest absolute Gasteiger partial charge is 0.442 e. The Bertz CT molecular complexity index is 836. The predicted octanol–water partition coefficient (Wildman–Crippen LogP) is 0.911. The smallest absolute Gasteiger partial charge is 0.414 e. The number of urea groups is 1. The zero-order valence-electron chi connectivity index (χ0n) is 16.0. The summed E-state index contributed by atoms with van der Waals surface area (Å²) in [6.45, 7) is 2.90. The molecule has 2 aliphatic heterocycles. The second kappa shape index (κ2) is 8.76. The van der Waals surface area contributed by atoms with E-state index in [1.54, 1.807) is 12.1 Å². The molecule has 0 aliphatic carbocycles. The highest BCUT2D eigenvalue weighted by Gasteiger charge is 2.33. The topological polar surface area (TPSA) is 129 Å². The number of piperidine rings is 1. The normalized spacial score (nSPS) is 19.0. The molecule has 3 rings (SSSR count). The van der Waals surface area contributed by atoms with Crippen LogP contribution in [-0.2, 0) is 9.53 Å². The number of nitrogens with zero attached hydrogens (tertiary/aromatic N) is 3. The number of anilines is 2. The molecule has 1 aromatic rings. The third-order valence-corrected chi connectivity index (χ3v) is 4.70. The molecule has 0 unspecified atom stereocenters. The number of hydrazone groups is 1. The highest BCUT2D eigenvalue weighted by molar-refractivity contribution is 5.90. The van der Waals surface area contributed by atoms with E-state index in [1.165, 1.54) is 17.9 Å². The van der Waals surface area contributed by atoms with Gasteiger partial charge in [0.1, 0.15) is 11.9 Å². The fourth-order valence-electron chi connectivity index (χ4n) is 3.27. The van der Waals surface area contributed by atoms with E-state index in [2.05, 4.69) is 15.8 Å². The summed E-state index contributed by atoms with van der Waals surface area (Å²) in [5, 5.41) is 6.53. The van der Waals surface area contributed by atoms with Crippen molar-refractivity contribution in [2.24, 2.45) is 10.8 Å². The van der Waals surface area contributed by atoms with Gasteiger partial charge in [0.2, 0.25) is 5.91 Å². The van der Waals surface area contributed by atoms with Crippen molar-refractivity contribution < 1.29 is 23.5 Å². The summed E-state index contributed by atoms with van der Waals surface area (Å²) in [5.74, 6) is -0.661. The predicted molar refractivity (Wildman–Crippen MR) is 104 cm³/mol. The fourth-order valence-corrected chi connectivity index (χ4v) is 3.27. The minimum Gasteiger partial charge on any atom is -0.442 e. The summed E-state index contributed by atoms with van der Waals surface area (Å²) in [5.41, 5.74) is 8.81. The minimum atomic E-state index is -0.721. The van der Waals surface area contributed by atoms with E-state index in [9.17, 15) is 18.8 Å². The molecule has 4 N–H and O–H groups in total. The molecule has 1 aromatic carbocycles. The van der Waals surface area contributed by atoms with E-state index >= 15 is 0 Å². The Kier molecular flexibility index (Phi) is 6.15. The number of amides is 4. The van der Waals surface area contributed by atoms with Crippen molar-refractivity contribution in [1.29, 1.82) is 0 Å². The van der Waals surface area contributed by atoms with E-state index in [0.29, 0.717) is 37.3 Å². The number of carbonyl (C=O) groups is 3. The number of cyclic esters (lactones) is 1. The third kappa shape index (κ3) is 5.12. The fraction of sp³-hybridized carbons (Fsp3) is 0.444. The van der Waals surface area contributed by atoms with Crippen LogP contribution in [0.2, 0.25) is 0 Å². The van der Waals surface area contributed by atoms with Gasteiger partial charge < -0.3 is 20.7 Å². The Morgan fingerprint density at radius 3 is 2.69 bits per heavy atom. The van der Waals surface area contributed by atoms with Crippen molar-refractivity contribution in [2.75, 3.05) is 36.0 Å². The maximum absolute atomic E-state index is 14.7. The van der Waals surface area contributed by atoms with E-state index in [0.717, 1.165) is 5.71 Å². The SMILES string of the molecule is CC(=O)NC[C@H]1CN(c2ccc(N3CCC(=NNC(N)=O)CC3)c(F)c2)C(=O)O1. The van der Waals surface area contributed by atoms with Crippen LogP contribution in [0.1, 0.15) is 19.8 Å². The molecule has 0 radical (unpaired) electrons. The van der Waals surface area contributed by atoms with Gasteiger partial charge in [0.25, 0.3) is 0 Å². The molecule has 1 atom stereocenters. The molecular weight excluding hydrogens is 383 g/mol. The number of nitrogens with two attached hydrogens (primary N) is 1. The zero-order chi connectivity index (χ0) is 21.0. The van der Waals surface area contributed by atoms with Gasteiger partial charge in [-0.2, -0.15) is 5.10 Å². The quantitative estimate of drug-likeness (QED) is 0.626. The lowest BCUT2D eigenvalue weighted by molar-refractivity contribution is -0.119. The monoisotopic (exact) mass is 406 g/mol. The van der Waals surface area contributed by atoms with Crippen LogP contribution in [0, 0.1) is 5.82 Å². The lowest BCUT2D eigenvalue weighted by Crippen LogP contribution is -2.36. The number of primary amides is 1. The molecule has 11 heteroatoms. The van der Waals surface area contributed by atoms with Gasteiger partial charge >= 0.3 is 12.1 Å². The number of nitrogens with one attached hydrogen (secondary N) is 2. The second-order valence-corrected chi connectivity index (χ2v) is 6.83. The van der Waals surface area contributed by atoms with Crippen molar-refractivity contribution in [3.63, 3.8) is 0 Å². The van der Waals surface area contributed by atoms with Crippen LogP contribution < -0.4 is 26.3 Å². The molecule has 0 saturated carbocycles. The first-order valence-electron chi connectivity index (χ1n) is 9.21. The first-order valence-corrected chi connectivity index (χ1v) is 9.21. The van der Waals surface area contributed by atoms with Crippen LogP contribution in [0.25, 0.3) is 0 Å². The van der Waals surface area contributed by atoms with Gasteiger partial charge in [0.15, 0.2) is 0 Å². The standard InChI is InChI=1S/C18H23FN6O4/c1-11(26)21-9-14-10-25(18(28)29-14)13-2-3-16(15(19)8-13)24-6-4-12(5-7-24)22-23-17(20)27/h2-3,8,14H,4-7,9-10H2,1H3,(H,21,26)(H3,20,23,27)/t14-/m0/s1. The molecule has 156 valence electrons. The van der Waals surface area contributed by atoms with Crippen molar-refractivity contribution in [3.8, 4) is 0 Å². The van der Waals surface area contributed by atoms with Crippen LogP contribution in [0.15, 0.2) is 23.3 Å². The van der Waals surface area contributed by atoms with Crippen LogP contribution in [-0.4, -0.2) is 56.0 Å². The highest BCUT2D eigenvalue weighted by atomic mass is 19.1. The molecule has 0 bridgehead atoms. The summed E-state index contributed by atoms with van der Waals surface area (Å²) < 4.78 is 19.9. The molecule has 10 nitrogen and oxygen atoms in total. The van der Waals surface area contributed by atoms with Gasteiger partial charge in [0.05, 0.1) is 24.5 Å². The van der Waals surface area contributed by atoms with Gasteiger partial charge in [-0.1, -0.05) is 0 Å². The number of halogens is 1. The van der Waals surface area contributed by atoms with E-state index in [-0.39, 0.29) is 19.0 Å². The van der Waals surface area contributed by atoms with Gasteiger partial charge in [0, 0.05) is 38.6 Å². The Balaban J connectivity index is 1.62. The van der Waals surface area contributed by atoms with E-state index < -0.39 is 24.0 Å². The molecule has 2 heterocycles. The van der Waals surface area contributed by atoms with Crippen molar-refractivity contribution in [3.05, 3.63) is 24.0 Å². The van der Waals surface area contributed by atoms with E-state index in [1.807, 2.05) is 4.90 Å². The van der Waals surface area contributed by atoms with Crippen molar-refractivity contribution in [1.82, 2.24) is 10.7 Å². The number of hydrogen-bond acceptors (Lipinski definition) is 6. The first kappa shape index (κ1) is 20.4. The Labute approximate surface area is 166 Å². The molecule has 2 saturated heterocycles. The molecule has 0 aromatic heterocycles. The van der Waals surface area contributed by atoms with Gasteiger partial charge in [-0.3, -0.25) is 9.69 Å². The maximum atomic E-state index is 14.7. The Hall–Kier alpha value is -3.37. The molecular formula is C18H23FN6O4. The summed E-state index contributed by atoms with van der Waals surface area (Å²) in [4.78, 5) is 37.0. The second-order valence-electron chi connectivity index (χ2n) is 6.83. The molecule has 2 fully saturated rings. The minimum absolute atomic E-state index is 0.209. The molecule has 29 heavy (non-hydrogen) atoms. The first-order chi connectivity index (χ1) is 13.8. The lowest BCUT2D eigenvalue weighted by Gasteiger charge is -2.30. The Morgan fingerprint density at radius 2 is 2.07 bits per heavy atom. The van der Waals surface area contributed by atoms with E-state index in [4.69, 9.17) is 10.5 Å². The third-order valence-electron chi connectivity index (χ3n) is 4.70. The van der Waals surface area contributed by atoms with Crippen LogP contribution in [0.4, 0.5) is 25.4 Å². The summed E-state index contributed by atoms with van der Waals surface area (Å²) in [7, 11) is 0. The van der Waals surface area contributed by atoms with Crippen molar-refractivity contribution >= 4 is 35.1 Å². The van der Waals surface area contributed by atoms with Gasteiger partial charge in [-0.25, -0.2) is 19.4 Å². The number of carbonyl (C=O) groups excluding carboxylic acids is 3. The van der Waals surface area contributed by atoms with Crippen molar-refractivity contribution in [2.45, 2.75) is 25.9 Å². The number of benzene rings is 1. The number of hydrogen-bond donors (Lipinski definition) is 3. The summed E-state index contributed by atoms with van der Waals surface area (Å²) in [6, 6.07) is 3.87. The number of ether oxygens (including phenoxy) is 1. The maximum Gasteiger partial charge on any atom is 0.414 e. The molecule has 4 amide bonds. The molecule has 0 spiro atoms. The highest BCUT2D eigenvalue weighted by Crippen LogP contribution is 2.29. The average Bonchev–Trinajstić information content (AvgIpc) is 3.06. The van der Waals surface area contributed by atoms with Crippen LogP contribution >= 0.6 is 0 Å². The van der Waals surface area contributed by atoms with Gasteiger partial charge in [-0.15, -0.1) is 0 Å². The Morgan fingerprint density at radius 1 is 1.34 bits per heavy atom. The zero-order valence-corrected chi connectivity index (χ0v) is 16.0. The number of rotatable bonds is 5.